The van der Waals surface area contributed by atoms with E-state index in [1.165, 1.54) is 6.07 Å². The van der Waals surface area contributed by atoms with Gasteiger partial charge in [0.25, 0.3) is 0 Å². The number of nitrogens with zero attached hydrogens (tertiary/aromatic N) is 1. The molecule has 0 bridgehead atoms. The molecule has 0 spiro atoms. The maximum atomic E-state index is 12.8. The monoisotopic (exact) mass is 339 g/mol. The van der Waals surface area contributed by atoms with E-state index in [-0.39, 0.29) is 16.8 Å². The van der Waals surface area contributed by atoms with Crippen molar-refractivity contribution in [3.05, 3.63) is 59.6 Å². The standard InChI is InChI=1S/C16H9ClF3NS/c17-12-7-6-11-8-14(10-4-2-1-3-5-10)21-15(13(11)9-12)22-16(18,19)20/h1-9H. The fourth-order valence-corrected chi connectivity index (χ4v) is 2.96. The van der Waals surface area contributed by atoms with Gasteiger partial charge in [-0.15, -0.1) is 0 Å². The average molecular weight is 340 g/mol. The first kappa shape index (κ1) is 15.2. The first-order valence-electron chi connectivity index (χ1n) is 6.34. The Morgan fingerprint density at radius 1 is 0.955 bits per heavy atom. The molecule has 22 heavy (non-hydrogen) atoms. The van der Waals surface area contributed by atoms with Gasteiger partial charge < -0.3 is 0 Å². The molecule has 0 aliphatic rings. The number of thioether (sulfide) groups is 1. The van der Waals surface area contributed by atoms with Crippen LogP contribution in [-0.4, -0.2) is 10.5 Å². The van der Waals surface area contributed by atoms with Crippen LogP contribution in [0.15, 0.2) is 59.6 Å². The van der Waals surface area contributed by atoms with E-state index in [0.717, 1.165) is 5.56 Å². The molecule has 3 rings (SSSR count). The van der Waals surface area contributed by atoms with E-state index < -0.39 is 5.51 Å². The molecule has 112 valence electrons. The summed E-state index contributed by atoms with van der Waals surface area (Å²) in [4.78, 5) is 4.18. The summed E-state index contributed by atoms with van der Waals surface area (Å²) in [6, 6.07) is 15.7. The number of hydrogen-bond donors (Lipinski definition) is 0. The van der Waals surface area contributed by atoms with E-state index in [4.69, 9.17) is 11.6 Å². The zero-order chi connectivity index (χ0) is 15.7. The van der Waals surface area contributed by atoms with Crippen LogP contribution in [0.25, 0.3) is 22.0 Å². The van der Waals surface area contributed by atoms with E-state index in [0.29, 0.717) is 21.5 Å². The van der Waals surface area contributed by atoms with Crippen molar-refractivity contribution in [1.82, 2.24) is 4.98 Å². The van der Waals surface area contributed by atoms with Crippen LogP contribution in [0.1, 0.15) is 0 Å². The van der Waals surface area contributed by atoms with Crippen LogP contribution >= 0.6 is 23.4 Å². The largest absolute Gasteiger partial charge is 0.447 e. The van der Waals surface area contributed by atoms with Gasteiger partial charge in [0.1, 0.15) is 5.03 Å². The Morgan fingerprint density at radius 3 is 2.36 bits per heavy atom. The van der Waals surface area contributed by atoms with Crippen LogP contribution in [-0.2, 0) is 0 Å². The molecule has 0 N–H and O–H groups in total. The van der Waals surface area contributed by atoms with Crippen molar-refractivity contribution in [3.63, 3.8) is 0 Å². The van der Waals surface area contributed by atoms with Crippen molar-refractivity contribution < 1.29 is 13.2 Å². The van der Waals surface area contributed by atoms with Crippen LogP contribution in [0.4, 0.5) is 13.2 Å². The minimum Gasteiger partial charge on any atom is -0.240 e. The molecule has 0 unspecified atom stereocenters. The topological polar surface area (TPSA) is 12.9 Å². The predicted molar refractivity (Wildman–Crippen MR) is 84.1 cm³/mol. The highest BCUT2D eigenvalue weighted by atomic mass is 35.5. The highest BCUT2D eigenvalue weighted by Crippen LogP contribution is 2.40. The van der Waals surface area contributed by atoms with E-state index >= 15 is 0 Å². The van der Waals surface area contributed by atoms with Gasteiger partial charge in [-0.05, 0) is 23.6 Å². The van der Waals surface area contributed by atoms with E-state index in [2.05, 4.69) is 4.98 Å². The lowest BCUT2D eigenvalue weighted by Gasteiger charge is -2.11. The summed E-state index contributed by atoms with van der Waals surface area (Å²) in [6.07, 6.45) is 0. The molecule has 3 aromatic rings. The van der Waals surface area contributed by atoms with Gasteiger partial charge >= 0.3 is 5.51 Å². The van der Waals surface area contributed by atoms with Crippen LogP contribution < -0.4 is 0 Å². The summed E-state index contributed by atoms with van der Waals surface area (Å²) in [7, 11) is 0. The Morgan fingerprint density at radius 2 is 1.68 bits per heavy atom. The van der Waals surface area contributed by atoms with Crippen molar-refractivity contribution in [2.75, 3.05) is 0 Å². The van der Waals surface area contributed by atoms with Gasteiger partial charge in [-0.1, -0.05) is 48.0 Å². The fourth-order valence-electron chi connectivity index (χ4n) is 2.13. The van der Waals surface area contributed by atoms with Crippen molar-refractivity contribution in [3.8, 4) is 11.3 Å². The Hall–Kier alpha value is -1.72. The summed E-state index contributed by atoms with van der Waals surface area (Å²) >= 11 is 5.68. The lowest BCUT2D eigenvalue weighted by molar-refractivity contribution is -0.0328. The fraction of sp³-hybridized carbons (Fsp3) is 0.0625. The van der Waals surface area contributed by atoms with Crippen LogP contribution in [0.2, 0.25) is 5.02 Å². The third kappa shape index (κ3) is 3.36. The molecule has 0 radical (unpaired) electrons. The molecule has 0 atom stereocenters. The second-order valence-corrected chi connectivity index (χ2v) is 6.08. The molecule has 0 aliphatic heterocycles. The Bertz CT molecular complexity index is 819. The van der Waals surface area contributed by atoms with Crippen molar-refractivity contribution in [2.24, 2.45) is 0 Å². The third-order valence-electron chi connectivity index (χ3n) is 3.04. The van der Waals surface area contributed by atoms with Crippen molar-refractivity contribution in [2.45, 2.75) is 10.5 Å². The van der Waals surface area contributed by atoms with E-state index in [9.17, 15) is 13.2 Å². The third-order valence-corrected chi connectivity index (χ3v) is 4.01. The SMILES string of the molecule is FC(F)(F)Sc1nc(-c2ccccc2)cc2ccc(Cl)cc12. The molecule has 0 saturated carbocycles. The van der Waals surface area contributed by atoms with Gasteiger partial charge in [0.15, 0.2) is 0 Å². The van der Waals surface area contributed by atoms with Gasteiger partial charge in [-0.2, -0.15) is 13.2 Å². The second kappa shape index (κ2) is 5.82. The smallest absolute Gasteiger partial charge is 0.240 e. The van der Waals surface area contributed by atoms with Gasteiger partial charge in [0.2, 0.25) is 0 Å². The zero-order valence-corrected chi connectivity index (χ0v) is 12.6. The number of fused-ring (bicyclic) bond motifs is 1. The second-order valence-electron chi connectivity index (χ2n) is 4.59. The molecule has 1 heterocycles. The minimum atomic E-state index is -4.41. The molecular weight excluding hydrogens is 331 g/mol. The lowest BCUT2D eigenvalue weighted by atomic mass is 10.1. The lowest BCUT2D eigenvalue weighted by Crippen LogP contribution is -2.01. The Balaban J connectivity index is 2.22. The number of halogens is 4. The molecule has 6 heteroatoms. The maximum absolute atomic E-state index is 12.8. The van der Waals surface area contributed by atoms with Crippen LogP contribution in [0, 0.1) is 0 Å². The first-order chi connectivity index (χ1) is 10.4. The summed E-state index contributed by atoms with van der Waals surface area (Å²) < 4.78 is 38.4. The van der Waals surface area contributed by atoms with Crippen LogP contribution in [0.5, 0.6) is 0 Å². The number of hydrogen-bond acceptors (Lipinski definition) is 2. The number of pyridine rings is 1. The molecular formula is C16H9ClF3NS. The quantitative estimate of drug-likeness (QED) is 0.518. The molecule has 0 saturated heterocycles. The first-order valence-corrected chi connectivity index (χ1v) is 7.53. The summed E-state index contributed by atoms with van der Waals surface area (Å²) in [5, 5.41) is 1.36. The van der Waals surface area contributed by atoms with Crippen LogP contribution in [0.3, 0.4) is 0 Å². The van der Waals surface area contributed by atoms with E-state index in [1.807, 2.05) is 30.3 Å². The minimum absolute atomic E-state index is 0.0913. The van der Waals surface area contributed by atoms with Gasteiger partial charge in [-0.3, -0.25) is 0 Å². The Labute approximate surface area is 134 Å². The van der Waals surface area contributed by atoms with Crippen molar-refractivity contribution in [1.29, 1.82) is 0 Å². The highest BCUT2D eigenvalue weighted by Gasteiger charge is 2.31. The maximum Gasteiger partial charge on any atom is 0.447 e. The number of aromatic nitrogens is 1. The number of rotatable bonds is 2. The average Bonchev–Trinajstić information content (AvgIpc) is 2.47. The van der Waals surface area contributed by atoms with Crippen molar-refractivity contribution >= 4 is 34.1 Å². The molecule has 1 aromatic heterocycles. The van der Waals surface area contributed by atoms with Gasteiger partial charge in [0.05, 0.1) is 5.69 Å². The van der Waals surface area contributed by atoms with Gasteiger partial charge in [-0.25, -0.2) is 4.98 Å². The Kier molecular flexibility index (Phi) is 4.02. The molecule has 1 nitrogen and oxygen atoms in total. The normalized spacial score (nSPS) is 11.8. The molecule has 0 amide bonds. The number of alkyl halides is 3. The summed E-state index contributed by atoms with van der Waals surface area (Å²) in [5.41, 5.74) is -3.14. The number of benzene rings is 2. The molecule has 0 fully saturated rings. The highest BCUT2D eigenvalue weighted by molar-refractivity contribution is 8.00. The van der Waals surface area contributed by atoms with Gasteiger partial charge in [0, 0.05) is 27.7 Å². The molecule has 0 aliphatic carbocycles. The van der Waals surface area contributed by atoms with E-state index in [1.54, 1.807) is 18.2 Å². The zero-order valence-electron chi connectivity index (χ0n) is 11.1. The molecule has 2 aromatic carbocycles. The summed E-state index contributed by atoms with van der Waals surface area (Å²) in [6.45, 7) is 0. The predicted octanol–water partition coefficient (Wildman–Crippen LogP) is 6.17. The summed E-state index contributed by atoms with van der Waals surface area (Å²) in [5.74, 6) is 0.